The molecule has 0 radical (unpaired) electrons. The Hall–Kier alpha value is -3.65. The van der Waals surface area contributed by atoms with Gasteiger partial charge in [0, 0.05) is 11.8 Å². The highest BCUT2D eigenvalue weighted by Gasteiger charge is 2.24. The zero-order valence-electron chi connectivity index (χ0n) is 18.1. The third-order valence-corrected chi connectivity index (χ3v) is 5.93. The van der Waals surface area contributed by atoms with Crippen molar-refractivity contribution in [2.24, 2.45) is 0 Å². The van der Waals surface area contributed by atoms with Gasteiger partial charge in [-0.25, -0.2) is 4.98 Å². The van der Waals surface area contributed by atoms with E-state index in [1.54, 1.807) is 49.6 Å². The van der Waals surface area contributed by atoms with Crippen LogP contribution in [0.2, 0.25) is 0 Å². The zero-order chi connectivity index (χ0) is 22.5. The first-order valence-corrected chi connectivity index (χ1v) is 10.9. The fourth-order valence-corrected chi connectivity index (χ4v) is 4.36. The number of aromatic nitrogens is 2. The van der Waals surface area contributed by atoms with Gasteiger partial charge in [-0.3, -0.25) is 14.7 Å². The van der Waals surface area contributed by atoms with Crippen LogP contribution in [0.1, 0.15) is 23.0 Å². The first-order chi connectivity index (χ1) is 15.6. The fraction of sp³-hybridized carbons (Fsp3) is 0.208. The number of ether oxygens (including phenoxy) is 3. The van der Waals surface area contributed by atoms with Crippen molar-refractivity contribution >= 4 is 32.6 Å². The maximum absolute atomic E-state index is 13.6. The SMILES string of the molecule is CCOc1ccc(C(=O)N(Cc2ccccn2)c2nc3c(OC)ccc(OC)c3s2)cc1. The summed E-state index contributed by atoms with van der Waals surface area (Å²) < 4.78 is 17.3. The van der Waals surface area contributed by atoms with E-state index in [1.807, 2.05) is 37.3 Å². The number of carbonyl (C=O) groups is 1. The first-order valence-electron chi connectivity index (χ1n) is 10.1. The number of fused-ring (bicyclic) bond motifs is 1. The number of hydrogen-bond donors (Lipinski definition) is 0. The molecule has 0 unspecified atom stereocenters. The summed E-state index contributed by atoms with van der Waals surface area (Å²) in [6.45, 7) is 2.76. The number of benzene rings is 2. The Morgan fingerprint density at radius 2 is 1.75 bits per heavy atom. The molecule has 1 amide bonds. The number of methoxy groups -OCH3 is 2. The molecule has 32 heavy (non-hydrogen) atoms. The topological polar surface area (TPSA) is 73.8 Å². The fourth-order valence-electron chi connectivity index (χ4n) is 3.29. The van der Waals surface area contributed by atoms with Crippen molar-refractivity contribution in [1.82, 2.24) is 9.97 Å². The van der Waals surface area contributed by atoms with Crippen molar-refractivity contribution in [3.05, 3.63) is 72.1 Å². The second kappa shape index (κ2) is 9.65. The van der Waals surface area contributed by atoms with E-state index in [1.165, 1.54) is 11.3 Å². The summed E-state index contributed by atoms with van der Waals surface area (Å²) in [4.78, 5) is 24.3. The smallest absolute Gasteiger partial charge is 0.260 e. The molecule has 0 N–H and O–H groups in total. The van der Waals surface area contributed by atoms with Crippen LogP contribution in [0.25, 0.3) is 10.2 Å². The van der Waals surface area contributed by atoms with Gasteiger partial charge in [0.2, 0.25) is 0 Å². The third kappa shape index (κ3) is 4.36. The van der Waals surface area contributed by atoms with Crippen LogP contribution in [-0.2, 0) is 6.54 Å². The maximum Gasteiger partial charge on any atom is 0.260 e. The van der Waals surface area contributed by atoms with Gasteiger partial charge in [0.15, 0.2) is 5.13 Å². The molecule has 8 heteroatoms. The molecular formula is C24H23N3O4S. The summed E-state index contributed by atoms with van der Waals surface area (Å²) >= 11 is 1.38. The summed E-state index contributed by atoms with van der Waals surface area (Å²) in [7, 11) is 3.20. The van der Waals surface area contributed by atoms with Crippen molar-refractivity contribution in [3.63, 3.8) is 0 Å². The lowest BCUT2D eigenvalue weighted by Crippen LogP contribution is -2.30. The Labute approximate surface area is 190 Å². The summed E-state index contributed by atoms with van der Waals surface area (Å²) in [6, 6.07) is 16.4. The van der Waals surface area contributed by atoms with Gasteiger partial charge < -0.3 is 14.2 Å². The normalized spacial score (nSPS) is 10.7. The van der Waals surface area contributed by atoms with E-state index in [-0.39, 0.29) is 12.5 Å². The Bertz CT molecular complexity index is 1170. The van der Waals surface area contributed by atoms with Gasteiger partial charge >= 0.3 is 0 Å². The van der Waals surface area contributed by atoms with E-state index in [0.717, 1.165) is 16.1 Å². The Balaban J connectivity index is 1.78. The number of hydrogen-bond acceptors (Lipinski definition) is 7. The number of anilines is 1. The molecule has 2 aromatic heterocycles. The number of pyridine rings is 1. The predicted octanol–water partition coefficient (Wildman–Crippen LogP) is 4.95. The second-order valence-corrected chi connectivity index (χ2v) is 7.79. The molecule has 7 nitrogen and oxygen atoms in total. The summed E-state index contributed by atoms with van der Waals surface area (Å²) in [6.07, 6.45) is 1.71. The molecule has 0 bridgehead atoms. The predicted molar refractivity (Wildman–Crippen MR) is 125 cm³/mol. The van der Waals surface area contributed by atoms with Gasteiger partial charge in [-0.15, -0.1) is 0 Å². The minimum atomic E-state index is -0.185. The molecule has 0 atom stereocenters. The average Bonchev–Trinajstić information content (AvgIpc) is 3.28. The number of rotatable bonds is 8. The van der Waals surface area contributed by atoms with E-state index in [9.17, 15) is 4.79 Å². The van der Waals surface area contributed by atoms with E-state index in [2.05, 4.69) is 4.98 Å². The summed E-state index contributed by atoms with van der Waals surface area (Å²) in [5.74, 6) is 1.83. The second-order valence-electron chi connectivity index (χ2n) is 6.81. The van der Waals surface area contributed by atoms with Crippen LogP contribution in [0.3, 0.4) is 0 Å². The molecule has 2 aromatic carbocycles. The molecule has 0 aliphatic carbocycles. The Kier molecular flexibility index (Phi) is 6.51. The van der Waals surface area contributed by atoms with Crippen LogP contribution >= 0.6 is 11.3 Å². The molecule has 2 heterocycles. The molecule has 164 valence electrons. The molecule has 4 aromatic rings. The lowest BCUT2D eigenvalue weighted by molar-refractivity contribution is 0.0984. The highest BCUT2D eigenvalue weighted by atomic mass is 32.1. The van der Waals surface area contributed by atoms with Gasteiger partial charge in [0.25, 0.3) is 5.91 Å². The minimum absolute atomic E-state index is 0.185. The lowest BCUT2D eigenvalue weighted by atomic mass is 10.2. The number of thiazole rings is 1. The van der Waals surface area contributed by atoms with Gasteiger partial charge in [-0.05, 0) is 55.5 Å². The van der Waals surface area contributed by atoms with Crippen LogP contribution in [0.15, 0.2) is 60.8 Å². The molecule has 0 aliphatic rings. The van der Waals surface area contributed by atoms with Gasteiger partial charge in [0.05, 0.1) is 33.1 Å². The molecule has 4 rings (SSSR count). The van der Waals surface area contributed by atoms with Gasteiger partial charge in [-0.1, -0.05) is 17.4 Å². The van der Waals surface area contributed by atoms with E-state index in [4.69, 9.17) is 19.2 Å². The van der Waals surface area contributed by atoms with Crippen molar-refractivity contribution in [1.29, 1.82) is 0 Å². The van der Waals surface area contributed by atoms with Crippen LogP contribution in [-0.4, -0.2) is 36.7 Å². The van der Waals surface area contributed by atoms with Crippen molar-refractivity contribution < 1.29 is 19.0 Å². The van der Waals surface area contributed by atoms with Crippen molar-refractivity contribution in [2.45, 2.75) is 13.5 Å². The summed E-state index contributed by atoms with van der Waals surface area (Å²) in [5.41, 5.74) is 1.94. The number of nitrogens with zero attached hydrogens (tertiary/aromatic N) is 3. The van der Waals surface area contributed by atoms with Crippen molar-refractivity contribution in [2.75, 3.05) is 25.7 Å². The third-order valence-electron chi connectivity index (χ3n) is 4.83. The molecule has 0 saturated carbocycles. The Morgan fingerprint density at radius 1 is 1.00 bits per heavy atom. The van der Waals surface area contributed by atoms with E-state index < -0.39 is 0 Å². The number of carbonyl (C=O) groups excluding carboxylic acids is 1. The minimum Gasteiger partial charge on any atom is -0.495 e. The van der Waals surface area contributed by atoms with E-state index in [0.29, 0.717) is 34.3 Å². The highest BCUT2D eigenvalue weighted by Crippen LogP contribution is 2.40. The van der Waals surface area contributed by atoms with Crippen LogP contribution in [0.5, 0.6) is 17.2 Å². The monoisotopic (exact) mass is 449 g/mol. The van der Waals surface area contributed by atoms with Crippen LogP contribution < -0.4 is 19.1 Å². The van der Waals surface area contributed by atoms with Crippen LogP contribution in [0.4, 0.5) is 5.13 Å². The van der Waals surface area contributed by atoms with Crippen molar-refractivity contribution in [3.8, 4) is 17.2 Å². The molecule has 0 aliphatic heterocycles. The quantitative estimate of drug-likeness (QED) is 0.379. The molecular weight excluding hydrogens is 426 g/mol. The Morgan fingerprint density at radius 3 is 2.41 bits per heavy atom. The summed E-state index contributed by atoms with van der Waals surface area (Å²) in [5, 5.41) is 0.535. The molecule has 0 fully saturated rings. The van der Waals surface area contributed by atoms with Crippen LogP contribution in [0, 0.1) is 0 Å². The zero-order valence-corrected chi connectivity index (χ0v) is 18.9. The molecule has 0 spiro atoms. The highest BCUT2D eigenvalue weighted by molar-refractivity contribution is 7.22. The maximum atomic E-state index is 13.6. The standard InChI is InChI=1S/C24H23N3O4S/c1-4-31-18-10-8-16(9-11-18)23(28)27(15-17-7-5-6-14-25-17)24-26-21-19(29-2)12-13-20(30-3)22(21)32-24/h5-14H,4,15H2,1-3H3. The van der Waals surface area contributed by atoms with E-state index >= 15 is 0 Å². The lowest BCUT2D eigenvalue weighted by Gasteiger charge is -2.19. The molecule has 0 saturated heterocycles. The average molecular weight is 450 g/mol. The largest absolute Gasteiger partial charge is 0.495 e. The van der Waals surface area contributed by atoms with Gasteiger partial charge in [-0.2, -0.15) is 0 Å². The first kappa shape index (κ1) is 21.6. The van der Waals surface area contributed by atoms with Gasteiger partial charge in [0.1, 0.15) is 27.5 Å². The number of amides is 1.